The molecule has 16 nitrogen and oxygen atoms in total. The molecule has 8 N–H and O–H groups in total. The highest BCUT2D eigenvalue weighted by Crippen LogP contribution is 2.16. The number of carbonyl (C=O) groups excluding carboxylic acids is 2. The van der Waals surface area contributed by atoms with Crippen LogP contribution in [0.2, 0.25) is 0 Å². The molecule has 0 amide bonds. The molecular formula is C20H39NO15. The Bertz CT molecular complexity index is 654. The van der Waals surface area contributed by atoms with Crippen LogP contribution in [-0.4, -0.2) is 140 Å². The number of hydrogen-bond donors (Lipinski definition) is 8. The number of carbonyl (C=O) groups is 5. The molecule has 0 radical (unpaired) electrons. The molecule has 0 aromatic carbocycles. The molecule has 2 atom stereocenters. The van der Waals surface area contributed by atoms with Gasteiger partial charge in [0, 0.05) is 19.3 Å². The van der Waals surface area contributed by atoms with Gasteiger partial charge < -0.3 is 60.0 Å². The molecule has 16 heteroatoms. The fraction of sp³-hybridized carbons (Fsp3) is 0.750. The van der Waals surface area contributed by atoms with Crippen LogP contribution in [0.4, 0.5) is 0 Å². The first-order chi connectivity index (χ1) is 16.2. The predicted molar refractivity (Wildman–Crippen MR) is 118 cm³/mol. The van der Waals surface area contributed by atoms with E-state index in [0.717, 1.165) is 6.92 Å². The van der Waals surface area contributed by atoms with Gasteiger partial charge in [0.15, 0.2) is 11.7 Å². The van der Waals surface area contributed by atoms with E-state index in [2.05, 4.69) is 0 Å². The van der Waals surface area contributed by atoms with Crippen molar-refractivity contribution in [3.05, 3.63) is 0 Å². The van der Waals surface area contributed by atoms with Crippen molar-refractivity contribution in [1.82, 2.24) is 0 Å². The Kier molecular flexibility index (Phi) is 23.9. The number of carboxylic acids is 4. The van der Waals surface area contributed by atoms with E-state index in [1.54, 1.807) is 6.92 Å². The van der Waals surface area contributed by atoms with Gasteiger partial charge in [-0.3, -0.25) is 9.59 Å². The molecule has 0 fully saturated rings. The second-order valence-electron chi connectivity index (χ2n) is 8.10. The standard InChI is InChI=1S/C11H19NO7.C4H8O3.C3H8O3.C2H4O2/c1-12(2,3)4-5-19-9(15)7-11(18,10(16)17)6-8(13)14;1-2-3(5)4(6)7;4-1-3(6)2-5;1-2(3)4/h18H,4-7H2,1-3H3,(H-,13,14,16,17);3,5H,2H2,1H3,(H,6,7);3-6H,1-2H2;1H3,(H,3,4). The second kappa shape index (κ2) is 21.4. The molecule has 0 aliphatic carbocycles. The van der Waals surface area contributed by atoms with Gasteiger partial charge in [0.1, 0.15) is 19.3 Å². The molecule has 0 aromatic heterocycles. The van der Waals surface area contributed by atoms with Crippen molar-refractivity contribution >= 4 is 29.8 Å². The average molecular weight is 534 g/mol. The maximum atomic E-state index is 11.4. The molecule has 0 aliphatic rings. The average Bonchev–Trinajstić information content (AvgIpc) is 2.71. The Hall–Kier alpha value is -2.89. The third-order valence-corrected chi connectivity index (χ3v) is 3.39. The van der Waals surface area contributed by atoms with Crippen LogP contribution < -0.4 is 5.11 Å². The van der Waals surface area contributed by atoms with Crippen LogP contribution >= 0.6 is 0 Å². The first-order valence-corrected chi connectivity index (χ1v) is 10.3. The summed E-state index contributed by atoms with van der Waals surface area (Å²) in [5.41, 5.74) is -2.70. The lowest BCUT2D eigenvalue weighted by Gasteiger charge is -2.25. The summed E-state index contributed by atoms with van der Waals surface area (Å²) in [5, 5.41) is 76.4. The number of aliphatic hydroxyl groups excluding tert-OH is 4. The molecule has 0 heterocycles. The number of ether oxygens (including phenoxy) is 1. The van der Waals surface area contributed by atoms with Crippen LogP contribution in [0.1, 0.15) is 33.1 Å². The summed E-state index contributed by atoms with van der Waals surface area (Å²) in [6, 6.07) is 0. The van der Waals surface area contributed by atoms with Gasteiger partial charge in [0.2, 0.25) is 0 Å². The third-order valence-electron chi connectivity index (χ3n) is 3.39. The van der Waals surface area contributed by atoms with Crippen LogP contribution in [-0.2, 0) is 28.7 Å². The largest absolute Gasteiger partial charge is 0.550 e. The number of carboxylic acid groups (broad SMARTS) is 4. The first-order valence-electron chi connectivity index (χ1n) is 10.3. The lowest BCUT2D eigenvalue weighted by molar-refractivity contribution is -0.870. The Morgan fingerprint density at radius 1 is 0.944 bits per heavy atom. The Morgan fingerprint density at radius 2 is 1.36 bits per heavy atom. The second-order valence-corrected chi connectivity index (χ2v) is 8.10. The van der Waals surface area contributed by atoms with Crippen LogP contribution in [0.3, 0.4) is 0 Å². The maximum absolute atomic E-state index is 11.4. The van der Waals surface area contributed by atoms with Gasteiger partial charge in [-0.15, -0.1) is 0 Å². The number of quaternary nitrogens is 1. The van der Waals surface area contributed by atoms with Gasteiger partial charge in [-0.25, -0.2) is 9.59 Å². The molecule has 36 heavy (non-hydrogen) atoms. The highest BCUT2D eigenvalue weighted by atomic mass is 16.5. The fourth-order valence-electron chi connectivity index (χ4n) is 1.41. The van der Waals surface area contributed by atoms with Crippen LogP contribution in [0, 0.1) is 0 Å². The molecule has 0 bridgehead atoms. The predicted octanol–water partition coefficient (Wildman–Crippen LogP) is -4.15. The summed E-state index contributed by atoms with van der Waals surface area (Å²) in [7, 11) is 5.62. The van der Waals surface area contributed by atoms with E-state index in [-0.39, 0.29) is 26.2 Å². The van der Waals surface area contributed by atoms with Gasteiger partial charge in [-0.05, 0) is 6.42 Å². The van der Waals surface area contributed by atoms with Crippen LogP contribution in [0.5, 0.6) is 0 Å². The highest BCUT2D eigenvalue weighted by Gasteiger charge is 2.39. The zero-order valence-electron chi connectivity index (χ0n) is 21.0. The van der Waals surface area contributed by atoms with E-state index >= 15 is 0 Å². The quantitative estimate of drug-likeness (QED) is 0.0872. The number of rotatable bonds is 12. The Balaban J connectivity index is -0.000000244. The van der Waals surface area contributed by atoms with E-state index in [1.165, 1.54) is 0 Å². The molecule has 0 spiro atoms. The van der Waals surface area contributed by atoms with Crippen molar-refractivity contribution in [3.63, 3.8) is 0 Å². The number of nitrogens with zero attached hydrogens (tertiary/aromatic N) is 1. The molecule has 0 rings (SSSR count). The third kappa shape index (κ3) is 31.1. The van der Waals surface area contributed by atoms with Gasteiger partial charge in [0.05, 0.1) is 40.8 Å². The smallest absolute Gasteiger partial charge is 0.336 e. The summed E-state index contributed by atoms with van der Waals surface area (Å²) in [6.45, 7) is 2.51. The first kappa shape index (κ1) is 40.3. The Morgan fingerprint density at radius 3 is 1.56 bits per heavy atom. The zero-order chi connectivity index (χ0) is 29.7. The number of likely N-dealkylation sites (N-methyl/N-ethyl adjacent to an activating group) is 1. The number of aliphatic carboxylic acids is 4. The molecule has 0 saturated carbocycles. The Labute approximate surface area is 208 Å². The molecule has 2 unspecified atom stereocenters. The summed E-state index contributed by atoms with van der Waals surface area (Å²) >= 11 is 0. The van der Waals surface area contributed by atoms with Crippen molar-refractivity contribution in [2.45, 2.75) is 50.9 Å². The molecule has 0 aromatic rings. The molecule has 0 aliphatic heterocycles. The highest BCUT2D eigenvalue weighted by molar-refractivity contribution is 5.88. The van der Waals surface area contributed by atoms with Gasteiger partial charge in [0.25, 0.3) is 5.97 Å². The fourth-order valence-corrected chi connectivity index (χ4v) is 1.41. The number of hydrogen-bond acceptors (Lipinski definition) is 12. The zero-order valence-corrected chi connectivity index (χ0v) is 21.0. The summed E-state index contributed by atoms with van der Waals surface area (Å²) in [6.07, 6.45) is -3.97. The minimum absolute atomic E-state index is 0.0450. The van der Waals surface area contributed by atoms with Crippen molar-refractivity contribution < 1.29 is 79.2 Å². The lowest BCUT2D eigenvalue weighted by Crippen LogP contribution is -2.46. The van der Waals surface area contributed by atoms with E-state index in [0.29, 0.717) is 11.0 Å². The number of esters is 1. The van der Waals surface area contributed by atoms with Crippen molar-refractivity contribution in [2.75, 3.05) is 47.5 Å². The summed E-state index contributed by atoms with van der Waals surface area (Å²) in [4.78, 5) is 51.2. The maximum Gasteiger partial charge on any atom is 0.336 e. The van der Waals surface area contributed by atoms with Gasteiger partial charge >= 0.3 is 17.9 Å². The minimum Gasteiger partial charge on any atom is -0.550 e. The molecule has 0 saturated heterocycles. The monoisotopic (exact) mass is 533 g/mol. The molecule has 214 valence electrons. The van der Waals surface area contributed by atoms with Crippen LogP contribution in [0.25, 0.3) is 0 Å². The van der Waals surface area contributed by atoms with E-state index in [1.807, 2.05) is 21.1 Å². The normalized spacial score (nSPS) is 12.6. The molecular weight excluding hydrogens is 494 g/mol. The van der Waals surface area contributed by atoms with E-state index in [4.69, 9.17) is 45.3 Å². The van der Waals surface area contributed by atoms with Crippen molar-refractivity contribution in [2.24, 2.45) is 0 Å². The lowest BCUT2D eigenvalue weighted by atomic mass is 9.96. The van der Waals surface area contributed by atoms with Crippen molar-refractivity contribution in [3.8, 4) is 0 Å². The van der Waals surface area contributed by atoms with Gasteiger partial charge in [-0.1, -0.05) is 6.92 Å². The van der Waals surface area contributed by atoms with E-state index < -0.39 is 60.5 Å². The topological polar surface area (TPSA) is 279 Å². The number of aliphatic hydroxyl groups is 5. The summed E-state index contributed by atoms with van der Waals surface area (Å²) < 4.78 is 5.29. The van der Waals surface area contributed by atoms with Gasteiger partial charge in [-0.2, -0.15) is 0 Å². The minimum atomic E-state index is -2.70. The van der Waals surface area contributed by atoms with Crippen molar-refractivity contribution in [1.29, 1.82) is 0 Å². The van der Waals surface area contributed by atoms with E-state index in [9.17, 15) is 29.4 Å². The summed E-state index contributed by atoms with van der Waals surface area (Å²) in [5.74, 6) is -6.52. The SMILES string of the molecule is CC(=O)O.CCC(O)C(=O)O.C[N+](C)(C)CCOC(=O)CC(O)(CC(=O)[O-])C(=O)O.OCC(O)CO. The van der Waals surface area contributed by atoms with Crippen LogP contribution in [0.15, 0.2) is 0 Å².